The molecule has 0 amide bonds. The summed E-state index contributed by atoms with van der Waals surface area (Å²) in [7, 11) is 1.09. The van der Waals surface area contributed by atoms with E-state index in [-0.39, 0.29) is 17.6 Å². The summed E-state index contributed by atoms with van der Waals surface area (Å²) in [6.45, 7) is 12.4. The standard InChI is InChI=1S/C24H36BNO5/c1-22(2,3)29-21(27)16-10-8-9-14(20(16)28-7)11-19(26)25-30-18-13-15-12-17(23(15,4)5)24(18,6)31-25/h8-10,15,17-19H,11-13,26H2,1-7H3/t15?,17?,18?,19-,24?/m0/s1. The number of para-hydroxylation sites is 1. The second-order valence-electron chi connectivity index (χ2n) is 11.2. The van der Waals surface area contributed by atoms with Gasteiger partial charge in [-0.2, -0.15) is 0 Å². The van der Waals surface area contributed by atoms with Crippen molar-refractivity contribution in [3.8, 4) is 5.75 Å². The van der Waals surface area contributed by atoms with Crippen molar-refractivity contribution >= 4 is 13.1 Å². The average Bonchev–Trinajstić information content (AvgIpc) is 3.03. The van der Waals surface area contributed by atoms with Gasteiger partial charge in [0.05, 0.1) is 18.8 Å². The van der Waals surface area contributed by atoms with Gasteiger partial charge in [0.15, 0.2) is 0 Å². The molecule has 1 heterocycles. The number of nitrogens with two attached hydrogens (primary N) is 1. The lowest BCUT2D eigenvalue weighted by molar-refractivity contribution is -0.199. The van der Waals surface area contributed by atoms with Crippen molar-refractivity contribution in [3.63, 3.8) is 0 Å². The Labute approximate surface area is 186 Å². The Morgan fingerprint density at radius 3 is 2.61 bits per heavy atom. The van der Waals surface area contributed by atoms with Gasteiger partial charge in [0.1, 0.15) is 16.9 Å². The van der Waals surface area contributed by atoms with Crippen LogP contribution in [-0.2, 0) is 20.5 Å². The molecule has 1 saturated heterocycles. The van der Waals surface area contributed by atoms with E-state index in [1.807, 2.05) is 32.9 Å². The van der Waals surface area contributed by atoms with E-state index in [1.165, 1.54) is 6.42 Å². The number of carbonyl (C=O) groups is 1. The summed E-state index contributed by atoms with van der Waals surface area (Å²) >= 11 is 0. The van der Waals surface area contributed by atoms with Gasteiger partial charge in [-0.05, 0) is 75.8 Å². The summed E-state index contributed by atoms with van der Waals surface area (Å²) < 4.78 is 24.0. The van der Waals surface area contributed by atoms with Gasteiger partial charge < -0.3 is 24.5 Å². The SMILES string of the molecule is COc1c(C[C@H](N)B2OC3CC4CC(C4(C)C)C3(C)O2)cccc1C(=O)OC(C)(C)C. The molecule has 7 heteroatoms. The Morgan fingerprint density at radius 1 is 1.29 bits per heavy atom. The Kier molecular flexibility index (Phi) is 5.47. The third-order valence-electron chi connectivity index (χ3n) is 7.69. The first-order chi connectivity index (χ1) is 14.4. The minimum absolute atomic E-state index is 0.0929. The molecule has 5 atom stereocenters. The summed E-state index contributed by atoms with van der Waals surface area (Å²) in [4.78, 5) is 12.7. The normalized spacial score (nSPS) is 32.1. The minimum Gasteiger partial charge on any atom is -0.496 e. The number of esters is 1. The van der Waals surface area contributed by atoms with Gasteiger partial charge in [-0.15, -0.1) is 0 Å². The lowest BCUT2D eigenvalue weighted by Crippen LogP contribution is -2.65. The van der Waals surface area contributed by atoms with E-state index in [4.69, 9.17) is 24.5 Å². The Morgan fingerprint density at radius 2 is 2.00 bits per heavy atom. The molecule has 1 aromatic carbocycles. The summed E-state index contributed by atoms with van der Waals surface area (Å²) in [6.07, 6.45) is 2.80. The zero-order chi connectivity index (χ0) is 22.8. The molecule has 5 rings (SSSR count). The Balaban J connectivity index is 1.50. The van der Waals surface area contributed by atoms with Gasteiger partial charge in [0.2, 0.25) is 0 Å². The topological polar surface area (TPSA) is 80.0 Å². The molecule has 170 valence electrons. The molecule has 0 spiro atoms. The molecule has 3 saturated carbocycles. The number of hydrogen-bond acceptors (Lipinski definition) is 6. The molecule has 1 aliphatic heterocycles. The molecule has 31 heavy (non-hydrogen) atoms. The molecule has 0 radical (unpaired) electrons. The molecule has 4 aliphatic rings. The fraction of sp³-hybridized carbons (Fsp3) is 0.708. The van der Waals surface area contributed by atoms with Gasteiger partial charge in [-0.25, -0.2) is 4.79 Å². The summed E-state index contributed by atoms with van der Waals surface area (Å²) in [5, 5.41) is 0. The first kappa shape index (κ1) is 22.6. The van der Waals surface area contributed by atoms with Gasteiger partial charge >= 0.3 is 13.1 Å². The highest BCUT2D eigenvalue weighted by Crippen LogP contribution is 2.65. The molecule has 2 bridgehead atoms. The van der Waals surface area contributed by atoms with Crippen LogP contribution in [0.4, 0.5) is 0 Å². The largest absolute Gasteiger partial charge is 0.496 e. The van der Waals surface area contributed by atoms with E-state index < -0.39 is 18.7 Å². The second kappa shape index (κ2) is 7.50. The summed E-state index contributed by atoms with van der Waals surface area (Å²) in [5.41, 5.74) is 7.24. The lowest BCUT2D eigenvalue weighted by Gasteiger charge is -2.64. The Bertz CT molecular complexity index is 866. The van der Waals surface area contributed by atoms with Crippen molar-refractivity contribution in [1.82, 2.24) is 0 Å². The van der Waals surface area contributed by atoms with Crippen LogP contribution in [0, 0.1) is 17.3 Å². The van der Waals surface area contributed by atoms with E-state index in [2.05, 4.69) is 20.8 Å². The van der Waals surface area contributed by atoms with Crippen molar-refractivity contribution in [2.75, 3.05) is 7.11 Å². The summed E-state index contributed by atoms with van der Waals surface area (Å²) in [5.74, 6) is 0.905. The van der Waals surface area contributed by atoms with E-state index >= 15 is 0 Å². The van der Waals surface area contributed by atoms with E-state index in [1.54, 1.807) is 13.2 Å². The minimum atomic E-state index is -0.583. The molecular formula is C24H36BNO5. The third-order valence-corrected chi connectivity index (χ3v) is 7.69. The van der Waals surface area contributed by atoms with Crippen LogP contribution in [0.1, 0.15) is 70.3 Å². The highest BCUT2D eigenvalue weighted by Gasteiger charge is 2.68. The monoisotopic (exact) mass is 429 g/mol. The van der Waals surface area contributed by atoms with Crippen molar-refractivity contribution in [2.24, 2.45) is 23.0 Å². The highest BCUT2D eigenvalue weighted by molar-refractivity contribution is 6.47. The quantitative estimate of drug-likeness (QED) is 0.567. The first-order valence-electron chi connectivity index (χ1n) is 11.3. The van der Waals surface area contributed by atoms with Gasteiger partial charge in [0.25, 0.3) is 0 Å². The third kappa shape index (κ3) is 3.79. The maximum Gasteiger partial charge on any atom is 0.475 e. The number of ether oxygens (including phenoxy) is 2. The fourth-order valence-electron chi connectivity index (χ4n) is 5.91. The molecule has 6 nitrogen and oxygen atoms in total. The van der Waals surface area contributed by atoms with Crippen LogP contribution < -0.4 is 10.5 Å². The zero-order valence-corrected chi connectivity index (χ0v) is 19.9. The van der Waals surface area contributed by atoms with Crippen LogP contribution in [0.2, 0.25) is 0 Å². The van der Waals surface area contributed by atoms with Gasteiger partial charge in [-0.3, -0.25) is 0 Å². The van der Waals surface area contributed by atoms with Gasteiger partial charge in [-0.1, -0.05) is 26.0 Å². The molecular weight excluding hydrogens is 393 g/mol. The van der Waals surface area contributed by atoms with Crippen molar-refractivity contribution < 1.29 is 23.6 Å². The van der Waals surface area contributed by atoms with Crippen LogP contribution in [0.5, 0.6) is 5.75 Å². The van der Waals surface area contributed by atoms with Crippen LogP contribution in [-0.4, -0.2) is 43.4 Å². The van der Waals surface area contributed by atoms with Crippen LogP contribution in [0.25, 0.3) is 0 Å². The lowest BCUT2D eigenvalue weighted by atomic mass is 9.43. The molecule has 1 aromatic rings. The molecule has 3 aliphatic carbocycles. The summed E-state index contributed by atoms with van der Waals surface area (Å²) in [6, 6.07) is 5.48. The van der Waals surface area contributed by atoms with Gasteiger partial charge in [0, 0.05) is 5.94 Å². The van der Waals surface area contributed by atoms with Crippen molar-refractivity contribution in [3.05, 3.63) is 29.3 Å². The molecule has 2 N–H and O–H groups in total. The maximum atomic E-state index is 12.7. The maximum absolute atomic E-state index is 12.7. The number of methoxy groups -OCH3 is 1. The second-order valence-corrected chi connectivity index (χ2v) is 11.2. The van der Waals surface area contributed by atoms with E-state index in [9.17, 15) is 4.79 Å². The predicted octanol–water partition coefficient (Wildman–Crippen LogP) is 3.79. The highest BCUT2D eigenvalue weighted by atomic mass is 16.7. The fourth-order valence-corrected chi connectivity index (χ4v) is 5.91. The first-order valence-corrected chi connectivity index (χ1v) is 11.3. The molecule has 4 unspecified atom stereocenters. The smallest absolute Gasteiger partial charge is 0.475 e. The van der Waals surface area contributed by atoms with Crippen LogP contribution in [0.15, 0.2) is 18.2 Å². The molecule has 0 aromatic heterocycles. The number of benzene rings is 1. The molecule has 4 fully saturated rings. The average molecular weight is 429 g/mol. The van der Waals surface area contributed by atoms with Crippen molar-refractivity contribution in [2.45, 2.75) is 84.1 Å². The number of rotatable bonds is 5. The number of carbonyl (C=O) groups excluding carboxylic acids is 1. The Hall–Kier alpha value is -1.57. The van der Waals surface area contributed by atoms with Crippen LogP contribution >= 0.6 is 0 Å². The zero-order valence-electron chi connectivity index (χ0n) is 19.9. The number of hydrogen-bond donors (Lipinski definition) is 1. The van der Waals surface area contributed by atoms with Crippen molar-refractivity contribution in [1.29, 1.82) is 0 Å². The van der Waals surface area contributed by atoms with Crippen LogP contribution in [0.3, 0.4) is 0 Å². The van der Waals surface area contributed by atoms with E-state index in [0.717, 1.165) is 12.0 Å². The van der Waals surface area contributed by atoms with E-state index in [0.29, 0.717) is 35.0 Å². The predicted molar refractivity (Wildman–Crippen MR) is 120 cm³/mol.